The monoisotopic (exact) mass is 282 g/mol. The third-order valence-corrected chi connectivity index (χ3v) is 4.99. The van der Waals surface area contributed by atoms with Crippen LogP contribution < -0.4 is 5.73 Å². The predicted molar refractivity (Wildman–Crippen MR) is 83.7 cm³/mol. The van der Waals surface area contributed by atoms with Crippen molar-refractivity contribution in [3.63, 3.8) is 0 Å². The molecule has 2 atom stereocenters. The molecular weight excluding hydrogens is 263 g/mol. The van der Waals surface area contributed by atoms with Gasteiger partial charge in [-0.1, -0.05) is 18.6 Å². The number of halogens is 1. The van der Waals surface area contributed by atoms with E-state index in [1.165, 1.54) is 24.1 Å². The van der Waals surface area contributed by atoms with Crippen LogP contribution in [0.15, 0.2) is 29.8 Å². The molecule has 0 fully saturated rings. The molecule has 2 bridgehead atoms. The van der Waals surface area contributed by atoms with E-state index in [9.17, 15) is 4.39 Å². The quantitative estimate of drug-likeness (QED) is 0.790. The lowest BCUT2D eigenvalue weighted by Crippen LogP contribution is -2.24. The summed E-state index contributed by atoms with van der Waals surface area (Å²) in [5.74, 6) is 0.809. The number of allylic oxidation sites excluding steroid dienone is 2. The second-order valence-corrected chi connectivity index (χ2v) is 6.33. The number of aromatic nitrogens is 1. The Morgan fingerprint density at radius 1 is 1.33 bits per heavy atom. The number of pyridine rings is 1. The van der Waals surface area contributed by atoms with Gasteiger partial charge in [-0.2, -0.15) is 0 Å². The van der Waals surface area contributed by atoms with Crippen LogP contribution >= 0.6 is 0 Å². The molecule has 21 heavy (non-hydrogen) atoms. The van der Waals surface area contributed by atoms with Crippen LogP contribution in [0, 0.1) is 11.7 Å². The van der Waals surface area contributed by atoms with Gasteiger partial charge in [0.05, 0.1) is 5.52 Å². The fourth-order valence-corrected chi connectivity index (χ4v) is 4.05. The molecule has 2 aromatic rings. The topological polar surface area (TPSA) is 38.9 Å². The molecule has 0 amide bonds. The van der Waals surface area contributed by atoms with Crippen molar-refractivity contribution in [3.05, 3.63) is 46.9 Å². The average molecular weight is 282 g/mol. The molecule has 0 spiro atoms. The van der Waals surface area contributed by atoms with Crippen molar-refractivity contribution in [1.29, 1.82) is 0 Å². The first kappa shape index (κ1) is 12.8. The fourth-order valence-electron chi connectivity index (χ4n) is 4.05. The normalized spacial score (nSPS) is 23.8. The highest BCUT2D eigenvalue weighted by Gasteiger charge is 2.33. The minimum absolute atomic E-state index is 0.251. The minimum atomic E-state index is -0.251. The molecule has 0 saturated carbocycles. The summed E-state index contributed by atoms with van der Waals surface area (Å²) < 4.78 is 13.4. The van der Waals surface area contributed by atoms with E-state index in [1.54, 1.807) is 11.6 Å². The smallest absolute Gasteiger partial charge is 0.125 e. The Morgan fingerprint density at radius 2 is 2.19 bits per heavy atom. The molecule has 0 unspecified atom stereocenters. The summed E-state index contributed by atoms with van der Waals surface area (Å²) in [6.07, 6.45) is 6.75. The molecule has 1 aromatic heterocycles. The number of anilines is 1. The molecule has 2 aliphatic rings. The lowest BCUT2D eigenvalue weighted by molar-refractivity contribution is 0.429. The van der Waals surface area contributed by atoms with Gasteiger partial charge in [-0.05, 0) is 49.7 Å². The number of nitrogens with two attached hydrogens (primary N) is 1. The lowest BCUT2D eigenvalue weighted by atomic mass is 9.70. The molecular formula is C18H19FN2. The molecule has 1 heterocycles. The highest BCUT2D eigenvalue weighted by Crippen LogP contribution is 2.46. The van der Waals surface area contributed by atoms with Crippen molar-refractivity contribution in [2.24, 2.45) is 5.92 Å². The zero-order valence-electron chi connectivity index (χ0n) is 12.2. The van der Waals surface area contributed by atoms with Crippen LogP contribution in [-0.2, 0) is 6.42 Å². The van der Waals surface area contributed by atoms with E-state index in [2.05, 4.69) is 13.0 Å². The maximum atomic E-state index is 13.4. The van der Waals surface area contributed by atoms with Crippen molar-refractivity contribution in [1.82, 2.24) is 4.98 Å². The third-order valence-electron chi connectivity index (χ3n) is 4.99. The summed E-state index contributed by atoms with van der Waals surface area (Å²) in [5.41, 5.74) is 11.8. The minimum Gasteiger partial charge on any atom is -0.398 e. The summed E-state index contributed by atoms with van der Waals surface area (Å²) in [4.78, 5) is 4.72. The van der Waals surface area contributed by atoms with Gasteiger partial charge in [0, 0.05) is 28.4 Å². The highest BCUT2D eigenvalue weighted by molar-refractivity contribution is 5.92. The first-order chi connectivity index (χ1) is 10.2. The van der Waals surface area contributed by atoms with Gasteiger partial charge in [0.15, 0.2) is 0 Å². The van der Waals surface area contributed by atoms with E-state index in [-0.39, 0.29) is 5.82 Å². The summed E-state index contributed by atoms with van der Waals surface area (Å²) in [7, 11) is 0. The van der Waals surface area contributed by atoms with E-state index in [4.69, 9.17) is 10.7 Å². The zero-order valence-corrected chi connectivity index (χ0v) is 12.2. The Balaban J connectivity index is 1.92. The molecule has 0 aliphatic heterocycles. The first-order valence-electron chi connectivity index (χ1n) is 7.72. The molecule has 2 nitrogen and oxygen atoms in total. The largest absolute Gasteiger partial charge is 0.398 e. The van der Waals surface area contributed by atoms with Crippen LogP contribution in [0.2, 0.25) is 0 Å². The van der Waals surface area contributed by atoms with Crippen molar-refractivity contribution in [3.8, 4) is 0 Å². The van der Waals surface area contributed by atoms with Gasteiger partial charge >= 0.3 is 0 Å². The van der Waals surface area contributed by atoms with E-state index < -0.39 is 0 Å². The van der Waals surface area contributed by atoms with Crippen molar-refractivity contribution in [2.45, 2.75) is 38.5 Å². The molecule has 0 radical (unpaired) electrons. The number of fused-ring (bicyclic) bond motifs is 5. The van der Waals surface area contributed by atoms with Crippen molar-refractivity contribution >= 4 is 16.6 Å². The van der Waals surface area contributed by atoms with Gasteiger partial charge < -0.3 is 5.73 Å². The Kier molecular flexibility index (Phi) is 2.78. The standard InChI is InChI=1S/C18H19FN2/c1-2-10-5-11-7-12(6-10)17-16(8-11)21-15-9-13(19)3-4-14(15)18(17)20/h3-5,9,11-12H,2,6-8H2,1H3,(H2,20,21)/t11-,12+/m1/s1. The summed E-state index contributed by atoms with van der Waals surface area (Å²) in [6.45, 7) is 2.22. The van der Waals surface area contributed by atoms with E-state index in [0.717, 1.165) is 36.0 Å². The predicted octanol–water partition coefficient (Wildman–Crippen LogP) is 4.34. The van der Waals surface area contributed by atoms with Crippen LogP contribution in [0.4, 0.5) is 10.1 Å². The summed E-state index contributed by atoms with van der Waals surface area (Å²) in [6, 6.07) is 4.72. The van der Waals surface area contributed by atoms with Crippen LogP contribution in [0.1, 0.15) is 43.4 Å². The maximum absolute atomic E-state index is 13.4. The molecule has 3 heteroatoms. The Bertz CT molecular complexity index is 763. The first-order valence-corrected chi connectivity index (χ1v) is 7.72. The SMILES string of the molecule is CCC1=C[C@H]2Cc3nc4cc(F)ccc4c(N)c3[C@@H](C1)C2. The Hall–Kier alpha value is -1.90. The van der Waals surface area contributed by atoms with Gasteiger partial charge in [-0.15, -0.1) is 0 Å². The number of hydrogen-bond donors (Lipinski definition) is 1. The van der Waals surface area contributed by atoms with E-state index in [1.807, 2.05) is 0 Å². The van der Waals surface area contributed by atoms with Gasteiger partial charge in [-0.25, -0.2) is 4.39 Å². The average Bonchev–Trinajstić information content (AvgIpc) is 2.46. The van der Waals surface area contributed by atoms with Crippen LogP contribution in [0.25, 0.3) is 10.9 Å². The number of nitrogens with zero attached hydrogens (tertiary/aromatic N) is 1. The Morgan fingerprint density at radius 3 is 3.00 bits per heavy atom. The second-order valence-electron chi connectivity index (χ2n) is 6.33. The van der Waals surface area contributed by atoms with Gasteiger partial charge in [0.1, 0.15) is 5.82 Å². The second kappa shape index (κ2) is 4.55. The molecule has 4 rings (SSSR count). The molecule has 2 N–H and O–H groups in total. The molecule has 1 aromatic carbocycles. The summed E-state index contributed by atoms with van der Waals surface area (Å²) in [5, 5.41) is 0.890. The van der Waals surface area contributed by atoms with Crippen LogP contribution in [0.5, 0.6) is 0 Å². The number of nitrogen functional groups attached to an aromatic ring is 1. The van der Waals surface area contributed by atoms with Crippen molar-refractivity contribution < 1.29 is 4.39 Å². The molecule has 0 saturated heterocycles. The van der Waals surface area contributed by atoms with Gasteiger partial charge in [-0.3, -0.25) is 4.98 Å². The summed E-state index contributed by atoms with van der Waals surface area (Å²) >= 11 is 0. The third kappa shape index (κ3) is 1.95. The molecule has 108 valence electrons. The zero-order chi connectivity index (χ0) is 14.6. The highest BCUT2D eigenvalue weighted by atomic mass is 19.1. The Labute approximate surface area is 123 Å². The van der Waals surface area contributed by atoms with E-state index >= 15 is 0 Å². The van der Waals surface area contributed by atoms with Crippen LogP contribution in [-0.4, -0.2) is 4.98 Å². The van der Waals surface area contributed by atoms with Gasteiger partial charge in [0.25, 0.3) is 0 Å². The van der Waals surface area contributed by atoms with E-state index in [0.29, 0.717) is 17.4 Å². The van der Waals surface area contributed by atoms with Gasteiger partial charge in [0.2, 0.25) is 0 Å². The van der Waals surface area contributed by atoms with Crippen molar-refractivity contribution in [2.75, 3.05) is 5.73 Å². The van der Waals surface area contributed by atoms with Crippen LogP contribution in [0.3, 0.4) is 0 Å². The lowest BCUT2D eigenvalue weighted by Gasteiger charge is -2.35. The number of benzene rings is 1. The maximum Gasteiger partial charge on any atom is 0.125 e. The number of rotatable bonds is 1. The fraction of sp³-hybridized carbons (Fsp3) is 0.389. The number of hydrogen-bond acceptors (Lipinski definition) is 2. The molecule has 2 aliphatic carbocycles.